The van der Waals surface area contributed by atoms with Gasteiger partial charge in [-0.1, -0.05) is 48.5 Å². The molecule has 0 saturated heterocycles. The lowest BCUT2D eigenvalue weighted by Gasteiger charge is -2.37. The van der Waals surface area contributed by atoms with Gasteiger partial charge in [0.1, 0.15) is 12.2 Å². The SMILES string of the molecule is O=C(OC1C2CC(C1OC(=O)c1ccccc1)C1c3cccc(-n4ccnc4)c3CC21)c1ccccc1. The zero-order valence-electron chi connectivity index (χ0n) is 20.1. The normalized spacial score (nSPS) is 26.9. The zero-order valence-corrected chi connectivity index (χ0v) is 20.1. The van der Waals surface area contributed by atoms with Crippen LogP contribution in [0.1, 0.15) is 44.2 Å². The molecule has 2 bridgehead atoms. The highest BCUT2D eigenvalue weighted by Crippen LogP contribution is 2.63. The molecule has 6 unspecified atom stereocenters. The molecular formula is C31H26N2O4. The minimum absolute atomic E-state index is 0.0931. The molecule has 6 heteroatoms. The Kier molecular flexibility index (Phi) is 5.20. The van der Waals surface area contributed by atoms with Crippen molar-refractivity contribution in [3.05, 3.63) is 120 Å². The average Bonchev–Trinajstić information content (AvgIpc) is 3.73. The van der Waals surface area contributed by atoms with Gasteiger partial charge in [0.15, 0.2) is 0 Å². The fourth-order valence-corrected chi connectivity index (χ4v) is 7.01. The van der Waals surface area contributed by atoms with Gasteiger partial charge in [0.25, 0.3) is 0 Å². The average molecular weight is 491 g/mol. The topological polar surface area (TPSA) is 70.4 Å². The minimum atomic E-state index is -0.491. The second-order valence-corrected chi connectivity index (χ2v) is 10.2. The lowest BCUT2D eigenvalue weighted by molar-refractivity contribution is -0.0698. The number of imidazole rings is 1. The van der Waals surface area contributed by atoms with Crippen molar-refractivity contribution < 1.29 is 19.1 Å². The number of hydrogen-bond acceptors (Lipinski definition) is 5. The fourth-order valence-electron chi connectivity index (χ4n) is 7.01. The lowest BCUT2D eigenvalue weighted by atomic mass is 9.76. The number of rotatable bonds is 5. The maximum absolute atomic E-state index is 13.2. The van der Waals surface area contributed by atoms with E-state index in [9.17, 15) is 9.59 Å². The molecule has 37 heavy (non-hydrogen) atoms. The predicted octanol–water partition coefficient (Wildman–Crippen LogP) is 5.23. The van der Waals surface area contributed by atoms with E-state index < -0.39 is 12.2 Å². The van der Waals surface area contributed by atoms with Gasteiger partial charge in [-0.25, -0.2) is 14.6 Å². The summed E-state index contributed by atoms with van der Waals surface area (Å²) in [5.41, 5.74) is 4.78. The number of ether oxygens (including phenoxy) is 2. The van der Waals surface area contributed by atoms with Crippen molar-refractivity contribution in [1.82, 2.24) is 9.55 Å². The maximum Gasteiger partial charge on any atom is 0.338 e. The Labute approximate surface area is 214 Å². The molecule has 1 heterocycles. The summed E-state index contributed by atoms with van der Waals surface area (Å²) in [4.78, 5) is 30.5. The van der Waals surface area contributed by atoms with Gasteiger partial charge in [-0.2, -0.15) is 0 Å². The fraction of sp³-hybridized carbons (Fsp3) is 0.258. The van der Waals surface area contributed by atoms with Crippen molar-refractivity contribution in [2.24, 2.45) is 17.8 Å². The number of esters is 2. The zero-order chi connectivity index (χ0) is 24.9. The first-order chi connectivity index (χ1) is 18.2. The first-order valence-corrected chi connectivity index (χ1v) is 12.8. The molecule has 184 valence electrons. The van der Waals surface area contributed by atoms with Crippen LogP contribution in [-0.4, -0.2) is 33.7 Å². The molecule has 0 radical (unpaired) electrons. The Morgan fingerprint density at radius 3 is 2.03 bits per heavy atom. The van der Waals surface area contributed by atoms with Crippen LogP contribution in [0.15, 0.2) is 97.6 Å². The van der Waals surface area contributed by atoms with Gasteiger partial charge in [0, 0.05) is 29.9 Å². The van der Waals surface area contributed by atoms with E-state index in [1.807, 2.05) is 48.9 Å². The summed E-state index contributed by atoms with van der Waals surface area (Å²) >= 11 is 0. The predicted molar refractivity (Wildman–Crippen MR) is 136 cm³/mol. The van der Waals surface area contributed by atoms with Gasteiger partial charge >= 0.3 is 11.9 Å². The van der Waals surface area contributed by atoms with Gasteiger partial charge in [-0.3, -0.25) is 0 Å². The van der Waals surface area contributed by atoms with Crippen LogP contribution in [0, 0.1) is 17.8 Å². The molecule has 0 amide bonds. The second-order valence-electron chi connectivity index (χ2n) is 10.2. The van der Waals surface area contributed by atoms with Crippen molar-refractivity contribution in [3.63, 3.8) is 0 Å². The van der Waals surface area contributed by atoms with E-state index in [4.69, 9.17) is 9.47 Å². The highest BCUT2D eigenvalue weighted by molar-refractivity contribution is 5.90. The smallest absolute Gasteiger partial charge is 0.338 e. The molecule has 2 fully saturated rings. The standard InChI is InChI=1S/C31H26N2O4/c34-30(19-8-3-1-4-9-19)36-28-24-17-25(29(28)37-31(35)20-10-5-2-6-11-20)27-21-12-7-13-26(22(21)16-23(24)27)33-15-14-32-18-33/h1-15,18,23-25,27-29H,16-17H2. The summed E-state index contributed by atoms with van der Waals surface area (Å²) in [5.74, 6) is 0.0781. The van der Waals surface area contributed by atoms with Crippen LogP contribution >= 0.6 is 0 Å². The van der Waals surface area contributed by atoms with Gasteiger partial charge < -0.3 is 14.0 Å². The maximum atomic E-state index is 13.2. The number of carbonyl (C=O) groups excluding carboxylic acids is 2. The molecule has 7 rings (SSSR count). The monoisotopic (exact) mass is 490 g/mol. The Bertz CT molecular complexity index is 1450. The van der Waals surface area contributed by atoms with E-state index in [-0.39, 0.29) is 29.7 Å². The van der Waals surface area contributed by atoms with E-state index >= 15 is 0 Å². The van der Waals surface area contributed by atoms with Crippen LogP contribution in [0.25, 0.3) is 5.69 Å². The Balaban J connectivity index is 1.24. The Morgan fingerprint density at radius 1 is 0.757 bits per heavy atom. The lowest BCUT2D eigenvalue weighted by Crippen LogP contribution is -2.45. The van der Waals surface area contributed by atoms with Gasteiger partial charge in [0.2, 0.25) is 0 Å². The third kappa shape index (κ3) is 3.58. The number of hydrogen-bond donors (Lipinski definition) is 0. The van der Waals surface area contributed by atoms with Crippen molar-refractivity contribution in [2.75, 3.05) is 0 Å². The van der Waals surface area contributed by atoms with Crippen molar-refractivity contribution in [3.8, 4) is 5.69 Å². The summed E-state index contributed by atoms with van der Waals surface area (Å²) < 4.78 is 14.4. The first-order valence-electron chi connectivity index (χ1n) is 12.8. The summed E-state index contributed by atoms with van der Waals surface area (Å²) in [6, 6.07) is 24.5. The molecule has 2 saturated carbocycles. The summed E-state index contributed by atoms with van der Waals surface area (Å²) in [6.07, 6.45) is 6.40. The molecule has 3 aromatic carbocycles. The number of aromatic nitrogens is 2. The van der Waals surface area contributed by atoms with Crippen LogP contribution in [0.5, 0.6) is 0 Å². The Hall–Kier alpha value is -4.19. The quantitative estimate of drug-likeness (QED) is 0.358. The third-order valence-electron chi connectivity index (χ3n) is 8.46. The molecule has 0 spiro atoms. The number of benzene rings is 3. The molecule has 3 aliphatic rings. The summed E-state index contributed by atoms with van der Waals surface area (Å²) in [7, 11) is 0. The molecule has 6 atom stereocenters. The van der Waals surface area contributed by atoms with E-state index in [0.29, 0.717) is 17.0 Å². The number of nitrogens with zero attached hydrogens (tertiary/aromatic N) is 2. The van der Waals surface area contributed by atoms with Gasteiger partial charge in [0.05, 0.1) is 17.5 Å². The molecular weight excluding hydrogens is 464 g/mol. The van der Waals surface area contributed by atoms with E-state index in [0.717, 1.165) is 18.5 Å². The molecule has 1 aromatic heterocycles. The molecule has 3 aliphatic carbocycles. The summed E-state index contributed by atoms with van der Waals surface area (Å²) in [6.45, 7) is 0. The molecule has 0 aliphatic heterocycles. The van der Waals surface area contributed by atoms with Gasteiger partial charge in [-0.15, -0.1) is 0 Å². The van der Waals surface area contributed by atoms with Crippen LogP contribution in [0.2, 0.25) is 0 Å². The van der Waals surface area contributed by atoms with E-state index in [1.165, 1.54) is 11.1 Å². The van der Waals surface area contributed by atoms with Crippen LogP contribution < -0.4 is 0 Å². The Morgan fingerprint density at radius 2 is 1.41 bits per heavy atom. The van der Waals surface area contributed by atoms with Gasteiger partial charge in [-0.05, 0) is 66.1 Å². The first kappa shape index (κ1) is 22.0. The molecule has 0 N–H and O–H groups in total. The highest BCUT2D eigenvalue weighted by atomic mass is 16.6. The molecule has 4 aromatic rings. The number of fused-ring (bicyclic) bond motifs is 7. The van der Waals surface area contributed by atoms with Crippen molar-refractivity contribution in [1.29, 1.82) is 0 Å². The van der Waals surface area contributed by atoms with E-state index in [2.05, 4.69) is 27.8 Å². The molecule has 6 nitrogen and oxygen atoms in total. The van der Waals surface area contributed by atoms with Crippen LogP contribution in [0.4, 0.5) is 0 Å². The third-order valence-corrected chi connectivity index (χ3v) is 8.46. The highest BCUT2D eigenvalue weighted by Gasteiger charge is 2.63. The largest absolute Gasteiger partial charge is 0.455 e. The van der Waals surface area contributed by atoms with Crippen LogP contribution in [-0.2, 0) is 15.9 Å². The van der Waals surface area contributed by atoms with Crippen molar-refractivity contribution >= 4 is 11.9 Å². The van der Waals surface area contributed by atoms with E-state index in [1.54, 1.807) is 30.5 Å². The number of carbonyl (C=O) groups is 2. The second kappa shape index (κ2) is 8.73. The van der Waals surface area contributed by atoms with Crippen molar-refractivity contribution in [2.45, 2.75) is 31.0 Å². The summed E-state index contributed by atoms with van der Waals surface area (Å²) in [5, 5.41) is 0. The van der Waals surface area contributed by atoms with Crippen LogP contribution in [0.3, 0.4) is 0 Å². The minimum Gasteiger partial charge on any atom is -0.455 e.